The summed E-state index contributed by atoms with van der Waals surface area (Å²) >= 11 is 0. The Labute approximate surface area is 108 Å². The first-order valence-electron chi connectivity index (χ1n) is 6.18. The molecule has 1 N–H and O–H groups in total. The van der Waals surface area contributed by atoms with Crippen LogP contribution in [0.4, 0.5) is 0 Å². The van der Waals surface area contributed by atoms with Gasteiger partial charge in [0.05, 0.1) is 24.2 Å². The number of rotatable bonds is 6. The maximum Gasteiger partial charge on any atom is 0.221 e. The van der Waals surface area contributed by atoms with Crippen molar-refractivity contribution in [1.29, 1.82) is 5.26 Å². The second-order valence-electron chi connectivity index (χ2n) is 4.76. The molecular weight excluding hydrogens is 226 g/mol. The lowest BCUT2D eigenvalue weighted by atomic mass is 9.95. The standard InChI is InChI=1S/C14H19N3O/c1-11(2)7-12(9-15)8-14(18)17-10-13-5-3-4-6-16-13/h3-6,11-12H,7-8,10H2,1-2H3,(H,17,18). The molecule has 0 aliphatic carbocycles. The molecule has 0 aliphatic heterocycles. The highest BCUT2D eigenvalue weighted by Crippen LogP contribution is 2.14. The molecule has 0 radical (unpaired) electrons. The van der Waals surface area contributed by atoms with E-state index in [2.05, 4.69) is 30.2 Å². The van der Waals surface area contributed by atoms with Crippen molar-refractivity contribution in [3.8, 4) is 6.07 Å². The maximum absolute atomic E-state index is 11.7. The van der Waals surface area contributed by atoms with Crippen LogP contribution in [-0.2, 0) is 11.3 Å². The lowest BCUT2D eigenvalue weighted by molar-refractivity contribution is -0.121. The molecule has 0 bridgehead atoms. The van der Waals surface area contributed by atoms with Crippen molar-refractivity contribution in [2.24, 2.45) is 11.8 Å². The fourth-order valence-corrected chi connectivity index (χ4v) is 1.74. The summed E-state index contributed by atoms with van der Waals surface area (Å²) in [6.07, 6.45) is 2.72. The average Bonchev–Trinajstić information content (AvgIpc) is 2.36. The second-order valence-corrected chi connectivity index (χ2v) is 4.76. The van der Waals surface area contributed by atoms with Crippen LogP contribution in [0.2, 0.25) is 0 Å². The summed E-state index contributed by atoms with van der Waals surface area (Å²) in [6.45, 7) is 4.52. The van der Waals surface area contributed by atoms with E-state index in [1.54, 1.807) is 6.20 Å². The molecule has 0 aliphatic rings. The Balaban J connectivity index is 2.35. The summed E-state index contributed by atoms with van der Waals surface area (Å²) in [5, 5.41) is 11.8. The minimum absolute atomic E-state index is 0.0900. The molecule has 1 atom stereocenters. The molecule has 1 rings (SSSR count). The number of nitriles is 1. The molecule has 0 fully saturated rings. The summed E-state index contributed by atoms with van der Waals surface area (Å²) in [7, 11) is 0. The number of nitrogens with one attached hydrogen (secondary N) is 1. The van der Waals surface area contributed by atoms with Gasteiger partial charge in [0.1, 0.15) is 0 Å². The Hall–Kier alpha value is -1.89. The Bertz CT molecular complexity index is 409. The van der Waals surface area contributed by atoms with Crippen LogP contribution in [0, 0.1) is 23.2 Å². The summed E-state index contributed by atoms with van der Waals surface area (Å²) in [6, 6.07) is 7.76. The number of amides is 1. The third-order valence-electron chi connectivity index (χ3n) is 2.56. The quantitative estimate of drug-likeness (QED) is 0.836. The van der Waals surface area contributed by atoms with Crippen molar-refractivity contribution in [2.75, 3.05) is 0 Å². The van der Waals surface area contributed by atoms with Crippen LogP contribution >= 0.6 is 0 Å². The molecule has 0 aromatic carbocycles. The first-order chi connectivity index (χ1) is 8.61. The highest BCUT2D eigenvalue weighted by atomic mass is 16.1. The first-order valence-corrected chi connectivity index (χ1v) is 6.18. The number of hydrogen-bond acceptors (Lipinski definition) is 3. The molecule has 0 spiro atoms. The predicted octanol–water partition coefficient (Wildman–Crippen LogP) is 2.27. The highest BCUT2D eigenvalue weighted by Gasteiger charge is 2.14. The lowest BCUT2D eigenvalue weighted by Gasteiger charge is -2.11. The Morgan fingerprint density at radius 2 is 2.28 bits per heavy atom. The van der Waals surface area contributed by atoms with Gasteiger partial charge in [0.2, 0.25) is 5.91 Å². The largest absolute Gasteiger partial charge is 0.350 e. The minimum atomic E-state index is -0.200. The molecule has 0 saturated carbocycles. The van der Waals surface area contributed by atoms with E-state index in [-0.39, 0.29) is 18.2 Å². The molecule has 4 heteroatoms. The Kier molecular flexibility index (Phi) is 5.86. The zero-order valence-corrected chi connectivity index (χ0v) is 10.9. The van der Waals surface area contributed by atoms with Crippen molar-refractivity contribution >= 4 is 5.91 Å². The van der Waals surface area contributed by atoms with Gasteiger partial charge in [0, 0.05) is 12.6 Å². The highest BCUT2D eigenvalue weighted by molar-refractivity contribution is 5.76. The first kappa shape index (κ1) is 14.2. The lowest BCUT2D eigenvalue weighted by Crippen LogP contribution is -2.25. The van der Waals surface area contributed by atoms with E-state index >= 15 is 0 Å². The predicted molar refractivity (Wildman–Crippen MR) is 69.3 cm³/mol. The van der Waals surface area contributed by atoms with Gasteiger partial charge in [-0.25, -0.2) is 0 Å². The fourth-order valence-electron chi connectivity index (χ4n) is 1.74. The zero-order valence-electron chi connectivity index (χ0n) is 10.9. The summed E-state index contributed by atoms with van der Waals surface area (Å²) < 4.78 is 0. The minimum Gasteiger partial charge on any atom is -0.350 e. The third-order valence-corrected chi connectivity index (χ3v) is 2.56. The van der Waals surface area contributed by atoms with Gasteiger partial charge in [0.25, 0.3) is 0 Å². The topological polar surface area (TPSA) is 65.8 Å². The van der Waals surface area contributed by atoms with Crippen LogP contribution < -0.4 is 5.32 Å². The SMILES string of the molecule is CC(C)CC(C#N)CC(=O)NCc1ccccn1. The second kappa shape index (κ2) is 7.44. The van der Waals surface area contributed by atoms with E-state index < -0.39 is 0 Å². The third kappa shape index (κ3) is 5.44. The molecular formula is C14H19N3O. The van der Waals surface area contributed by atoms with Crippen molar-refractivity contribution in [3.05, 3.63) is 30.1 Å². The smallest absolute Gasteiger partial charge is 0.221 e. The van der Waals surface area contributed by atoms with Gasteiger partial charge in [-0.2, -0.15) is 5.26 Å². The molecule has 1 aromatic heterocycles. The Morgan fingerprint density at radius 3 is 2.83 bits per heavy atom. The van der Waals surface area contributed by atoms with E-state index in [0.717, 1.165) is 12.1 Å². The number of carbonyl (C=O) groups is 1. The van der Waals surface area contributed by atoms with Crippen LogP contribution in [0.3, 0.4) is 0 Å². The van der Waals surface area contributed by atoms with E-state index in [0.29, 0.717) is 12.5 Å². The van der Waals surface area contributed by atoms with Gasteiger partial charge in [-0.05, 0) is 24.5 Å². The van der Waals surface area contributed by atoms with Gasteiger partial charge in [-0.15, -0.1) is 0 Å². The van der Waals surface area contributed by atoms with Gasteiger partial charge in [0.15, 0.2) is 0 Å². The number of aromatic nitrogens is 1. The molecule has 96 valence electrons. The molecule has 1 aromatic rings. The summed E-state index contributed by atoms with van der Waals surface area (Å²) in [5.41, 5.74) is 0.822. The van der Waals surface area contributed by atoms with Crippen molar-refractivity contribution < 1.29 is 4.79 Å². The molecule has 18 heavy (non-hydrogen) atoms. The average molecular weight is 245 g/mol. The zero-order chi connectivity index (χ0) is 13.4. The van der Waals surface area contributed by atoms with Gasteiger partial charge >= 0.3 is 0 Å². The van der Waals surface area contributed by atoms with Crippen molar-refractivity contribution in [3.63, 3.8) is 0 Å². The Morgan fingerprint density at radius 1 is 1.50 bits per heavy atom. The number of pyridine rings is 1. The number of hydrogen-bond donors (Lipinski definition) is 1. The summed E-state index contributed by atoms with van der Waals surface area (Å²) in [5.74, 6) is 0.139. The monoisotopic (exact) mass is 245 g/mol. The molecule has 1 heterocycles. The van der Waals surface area contributed by atoms with Crippen LogP contribution in [0.15, 0.2) is 24.4 Å². The van der Waals surface area contributed by atoms with Crippen LogP contribution in [-0.4, -0.2) is 10.9 Å². The molecule has 0 saturated heterocycles. The van der Waals surface area contributed by atoms with Gasteiger partial charge in [-0.1, -0.05) is 19.9 Å². The molecule has 1 amide bonds. The van der Waals surface area contributed by atoms with Crippen LogP contribution in [0.1, 0.15) is 32.4 Å². The molecule has 1 unspecified atom stereocenters. The number of carbonyl (C=O) groups excluding carboxylic acids is 1. The van der Waals surface area contributed by atoms with E-state index in [1.807, 2.05) is 18.2 Å². The van der Waals surface area contributed by atoms with Gasteiger partial charge < -0.3 is 5.32 Å². The van der Waals surface area contributed by atoms with Crippen molar-refractivity contribution in [2.45, 2.75) is 33.2 Å². The maximum atomic E-state index is 11.7. The normalized spacial score (nSPS) is 11.9. The van der Waals surface area contributed by atoms with Crippen LogP contribution in [0.5, 0.6) is 0 Å². The van der Waals surface area contributed by atoms with E-state index in [9.17, 15) is 4.79 Å². The van der Waals surface area contributed by atoms with Crippen LogP contribution in [0.25, 0.3) is 0 Å². The van der Waals surface area contributed by atoms with Gasteiger partial charge in [-0.3, -0.25) is 9.78 Å². The van der Waals surface area contributed by atoms with E-state index in [1.165, 1.54) is 0 Å². The van der Waals surface area contributed by atoms with E-state index in [4.69, 9.17) is 5.26 Å². The summed E-state index contributed by atoms with van der Waals surface area (Å²) in [4.78, 5) is 15.8. The fraction of sp³-hybridized carbons (Fsp3) is 0.500. The molecule has 4 nitrogen and oxygen atoms in total. The number of nitrogens with zero attached hydrogens (tertiary/aromatic N) is 2. The van der Waals surface area contributed by atoms with Crippen molar-refractivity contribution in [1.82, 2.24) is 10.3 Å².